The normalized spacial score (nSPS) is 12.3. The number of carbonyl (C=O) groups excluding carboxylic acids is 1. The first-order valence-corrected chi connectivity index (χ1v) is 12.1. The molecule has 0 aromatic heterocycles. The minimum atomic E-state index is -4.41. The second kappa shape index (κ2) is 12.4. The van der Waals surface area contributed by atoms with Gasteiger partial charge in [-0.15, -0.1) is 0 Å². The SMILES string of the molecule is CC(C)Cc1ccc(CC(Nc2ccc(C(=O)NCCC(=O)O)cc2)c2ccc(C(F)(F)F)cc2)cc1. The van der Waals surface area contributed by atoms with Crippen LogP contribution >= 0.6 is 0 Å². The molecule has 3 N–H and O–H groups in total. The number of hydrogen-bond acceptors (Lipinski definition) is 3. The van der Waals surface area contributed by atoms with Gasteiger partial charge in [0.1, 0.15) is 0 Å². The monoisotopic (exact) mass is 512 g/mol. The van der Waals surface area contributed by atoms with E-state index in [2.05, 4.69) is 36.6 Å². The Balaban J connectivity index is 1.78. The van der Waals surface area contributed by atoms with Gasteiger partial charge in [0.2, 0.25) is 0 Å². The highest BCUT2D eigenvalue weighted by atomic mass is 19.4. The average Bonchev–Trinajstić information content (AvgIpc) is 2.84. The summed E-state index contributed by atoms with van der Waals surface area (Å²) in [5, 5.41) is 14.6. The van der Waals surface area contributed by atoms with Crippen LogP contribution in [0.2, 0.25) is 0 Å². The van der Waals surface area contributed by atoms with Gasteiger partial charge in [-0.1, -0.05) is 50.2 Å². The molecule has 3 aromatic rings. The summed E-state index contributed by atoms with van der Waals surface area (Å²) in [5.41, 5.74) is 3.35. The molecule has 0 aliphatic carbocycles. The number of carbonyl (C=O) groups is 2. The summed E-state index contributed by atoms with van der Waals surface area (Å²) in [5.74, 6) is -0.841. The number of rotatable bonds is 11. The van der Waals surface area contributed by atoms with E-state index in [9.17, 15) is 22.8 Å². The third-order valence-electron chi connectivity index (χ3n) is 5.86. The zero-order valence-electron chi connectivity index (χ0n) is 20.8. The number of anilines is 1. The molecule has 0 fully saturated rings. The van der Waals surface area contributed by atoms with Crippen LogP contribution in [0.1, 0.15) is 58.9 Å². The van der Waals surface area contributed by atoms with Crippen LogP contribution in [0.25, 0.3) is 0 Å². The van der Waals surface area contributed by atoms with Gasteiger partial charge in [0.05, 0.1) is 18.0 Å². The molecule has 0 saturated carbocycles. The zero-order valence-corrected chi connectivity index (χ0v) is 20.8. The number of amides is 1. The molecule has 5 nitrogen and oxygen atoms in total. The molecular weight excluding hydrogens is 481 g/mol. The fourth-order valence-electron chi connectivity index (χ4n) is 3.98. The first kappa shape index (κ1) is 27.8. The fraction of sp³-hybridized carbons (Fsp3) is 0.310. The molecule has 196 valence electrons. The Kier molecular flexibility index (Phi) is 9.33. The Labute approximate surface area is 214 Å². The van der Waals surface area contributed by atoms with Crippen molar-refractivity contribution in [3.8, 4) is 0 Å². The molecule has 1 atom stereocenters. The van der Waals surface area contributed by atoms with E-state index in [0.717, 1.165) is 24.1 Å². The van der Waals surface area contributed by atoms with Gasteiger partial charge in [-0.05, 0) is 71.8 Å². The van der Waals surface area contributed by atoms with E-state index in [-0.39, 0.29) is 24.9 Å². The second-order valence-electron chi connectivity index (χ2n) is 9.41. The Hall–Kier alpha value is -3.81. The Morgan fingerprint density at radius 1 is 0.838 bits per heavy atom. The number of hydrogen-bond donors (Lipinski definition) is 3. The van der Waals surface area contributed by atoms with Crippen molar-refractivity contribution in [3.63, 3.8) is 0 Å². The van der Waals surface area contributed by atoms with E-state index < -0.39 is 17.7 Å². The lowest BCUT2D eigenvalue weighted by Crippen LogP contribution is -2.25. The molecule has 0 spiro atoms. The molecule has 1 amide bonds. The summed E-state index contributed by atoms with van der Waals surface area (Å²) in [6.45, 7) is 4.34. The van der Waals surface area contributed by atoms with E-state index in [0.29, 0.717) is 29.2 Å². The third-order valence-corrected chi connectivity index (χ3v) is 5.86. The minimum Gasteiger partial charge on any atom is -0.481 e. The summed E-state index contributed by atoms with van der Waals surface area (Å²) in [7, 11) is 0. The van der Waals surface area contributed by atoms with Crippen molar-refractivity contribution in [1.82, 2.24) is 5.32 Å². The highest BCUT2D eigenvalue weighted by Crippen LogP contribution is 2.31. The van der Waals surface area contributed by atoms with Crippen molar-refractivity contribution in [2.24, 2.45) is 5.92 Å². The number of halogens is 3. The topological polar surface area (TPSA) is 78.4 Å². The number of nitrogens with one attached hydrogen (secondary N) is 2. The zero-order chi connectivity index (χ0) is 27.0. The summed E-state index contributed by atoms with van der Waals surface area (Å²) >= 11 is 0. The third kappa shape index (κ3) is 8.66. The smallest absolute Gasteiger partial charge is 0.416 e. The van der Waals surface area contributed by atoms with Gasteiger partial charge in [0.25, 0.3) is 5.91 Å². The first-order valence-electron chi connectivity index (χ1n) is 12.1. The lowest BCUT2D eigenvalue weighted by atomic mass is 9.95. The highest BCUT2D eigenvalue weighted by Gasteiger charge is 2.30. The fourth-order valence-corrected chi connectivity index (χ4v) is 3.98. The maximum atomic E-state index is 13.1. The van der Waals surface area contributed by atoms with Gasteiger partial charge in [0.15, 0.2) is 0 Å². The van der Waals surface area contributed by atoms with E-state index in [1.807, 2.05) is 12.1 Å². The number of alkyl halides is 3. The summed E-state index contributed by atoms with van der Waals surface area (Å²) < 4.78 is 39.3. The molecule has 1 unspecified atom stereocenters. The Morgan fingerprint density at radius 3 is 1.92 bits per heavy atom. The van der Waals surface area contributed by atoms with E-state index in [4.69, 9.17) is 5.11 Å². The van der Waals surface area contributed by atoms with Crippen molar-refractivity contribution in [3.05, 3.63) is 101 Å². The van der Waals surface area contributed by atoms with Gasteiger partial charge in [-0.25, -0.2) is 0 Å². The molecule has 0 radical (unpaired) electrons. The van der Waals surface area contributed by atoms with Crippen molar-refractivity contribution in [2.45, 2.75) is 45.3 Å². The minimum absolute atomic E-state index is 0.0279. The predicted octanol–water partition coefficient (Wildman–Crippen LogP) is 6.50. The summed E-state index contributed by atoms with van der Waals surface area (Å²) in [6, 6.07) is 19.7. The largest absolute Gasteiger partial charge is 0.481 e. The predicted molar refractivity (Wildman–Crippen MR) is 138 cm³/mol. The number of carboxylic acids is 1. The van der Waals surface area contributed by atoms with Crippen molar-refractivity contribution in [2.75, 3.05) is 11.9 Å². The Bertz CT molecular complexity index is 1170. The molecule has 0 aliphatic heterocycles. The van der Waals surface area contributed by atoms with Crippen LogP contribution in [0, 0.1) is 5.92 Å². The lowest BCUT2D eigenvalue weighted by molar-refractivity contribution is -0.138. The molecule has 0 aliphatic rings. The van der Waals surface area contributed by atoms with Gasteiger partial charge >= 0.3 is 12.1 Å². The van der Waals surface area contributed by atoms with Crippen LogP contribution in [0.4, 0.5) is 18.9 Å². The maximum absolute atomic E-state index is 13.1. The standard InChI is InChI=1S/C29H31F3N2O3/c1-19(2)17-20-3-5-21(6-4-20)18-26(22-7-11-24(12-8-22)29(30,31)32)34-25-13-9-23(10-14-25)28(37)33-16-15-27(35)36/h3-14,19,26,34H,15-18H2,1-2H3,(H,33,37)(H,35,36). The number of aliphatic carboxylic acids is 1. The Morgan fingerprint density at radius 2 is 1.41 bits per heavy atom. The molecule has 0 bridgehead atoms. The average molecular weight is 513 g/mol. The molecule has 3 aromatic carbocycles. The molecule has 0 heterocycles. The van der Waals surface area contributed by atoms with E-state index >= 15 is 0 Å². The molecule has 0 saturated heterocycles. The number of carboxylic acid groups (broad SMARTS) is 1. The van der Waals surface area contributed by atoms with Crippen LogP contribution in [-0.2, 0) is 23.8 Å². The van der Waals surface area contributed by atoms with Gasteiger partial charge in [0, 0.05) is 17.8 Å². The van der Waals surface area contributed by atoms with Crippen LogP contribution in [0.5, 0.6) is 0 Å². The summed E-state index contributed by atoms with van der Waals surface area (Å²) in [6.07, 6.45) is -3.06. The molecule has 8 heteroatoms. The maximum Gasteiger partial charge on any atom is 0.416 e. The quantitative estimate of drug-likeness (QED) is 0.274. The summed E-state index contributed by atoms with van der Waals surface area (Å²) in [4.78, 5) is 22.8. The van der Waals surface area contributed by atoms with Crippen molar-refractivity contribution >= 4 is 17.6 Å². The molecule has 3 rings (SSSR count). The van der Waals surface area contributed by atoms with Gasteiger partial charge in [-0.2, -0.15) is 13.2 Å². The van der Waals surface area contributed by atoms with Crippen LogP contribution in [0.3, 0.4) is 0 Å². The lowest BCUT2D eigenvalue weighted by Gasteiger charge is -2.22. The highest BCUT2D eigenvalue weighted by molar-refractivity contribution is 5.94. The van der Waals surface area contributed by atoms with Crippen LogP contribution < -0.4 is 10.6 Å². The van der Waals surface area contributed by atoms with Crippen molar-refractivity contribution < 1.29 is 27.9 Å². The van der Waals surface area contributed by atoms with Crippen LogP contribution in [-0.4, -0.2) is 23.5 Å². The van der Waals surface area contributed by atoms with Crippen LogP contribution in [0.15, 0.2) is 72.8 Å². The van der Waals surface area contributed by atoms with E-state index in [1.54, 1.807) is 24.3 Å². The van der Waals surface area contributed by atoms with Crippen molar-refractivity contribution in [1.29, 1.82) is 0 Å². The second-order valence-corrected chi connectivity index (χ2v) is 9.41. The first-order chi connectivity index (χ1) is 17.5. The number of benzene rings is 3. The molecular formula is C29H31F3N2O3. The van der Waals surface area contributed by atoms with E-state index in [1.165, 1.54) is 17.7 Å². The molecule has 37 heavy (non-hydrogen) atoms. The van der Waals surface area contributed by atoms with Gasteiger partial charge in [-0.3, -0.25) is 9.59 Å². The van der Waals surface area contributed by atoms with Gasteiger partial charge < -0.3 is 15.7 Å².